The summed E-state index contributed by atoms with van der Waals surface area (Å²) in [6.45, 7) is 1.87. The van der Waals surface area contributed by atoms with E-state index in [0.29, 0.717) is 10.7 Å². The Morgan fingerprint density at radius 1 is 1.40 bits per heavy atom. The van der Waals surface area contributed by atoms with E-state index in [1.54, 1.807) is 4.90 Å². The fourth-order valence-electron chi connectivity index (χ4n) is 2.12. The molecule has 0 radical (unpaired) electrons. The maximum Gasteiger partial charge on any atom is 0.337 e. The van der Waals surface area contributed by atoms with Crippen LogP contribution in [0.3, 0.4) is 0 Å². The van der Waals surface area contributed by atoms with Gasteiger partial charge in [0.2, 0.25) is 0 Å². The zero-order valence-electron chi connectivity index (χ0n) is 11.4. The monoisotopic (exact) mass is 354 g/mol. The van der Waals surface area contributed by atoms with E-state index in [0.717, 1.165) is 15.7 Å². The number of thiocarbonyl (C=S) groups is 1. The third-order valence-electron chi connectivity index (χ3n) is 3.36. The van der Waals surface area contributed by atoms with Crippen LogP contribution in [-0.4, -0.2) is 30.1 Å². The predicted octanol–water partition coefficient (Wildman–Crippen LogP) is 2.76. The smallest absolute Gasteiger partial charge is 0.337 e. The molecular weight excluding hydrogens is 340 g/mol. The van der Waals surface area contributed by atoms with Crippen LogP contribution in [0.2, 0.25) is 0 Å². The van der Waals surface area contributed by atoms with Gasteiger partial charge >= 0.3 is 5.97 Å². The Morgan fingerprint density at radius 3 is 2.55 bits per heavy atom. The van der Waals surface area contributed by atoms with Crippen molar-refractivity contribution in [2.75, 3.05) is 14.2 Å². The van der Waals surface area contributed by atoms with Crippen molar-refractivity contribution in [1.82, 2.24) is 10.2 Å². The molecule has 2 rings (SSSR count). The summed E-state index contributed by atoms with van der Waals surface area (Å²) in [5.74, 6) is -0.350. The summed E-state index contributed by atoms with van der Waals surface area (Å²) in [4.78, 5) is 13.9. The average Bonchev–Trinajstić information content (AvgIpc) is 2.44. The molecule has 0 bridgehead atoms. The molecule has 1 aromatic carbocycles. The van der Waals surface area contributed by atoms with Crippen molar-refractivity contribution in [3.8, 4) is 0 Å². The second-order valence-electron chi connectivity index (χ2n) is 4.48. The van der Waals surface area contributed by atoms with E-state index in [1.165, 1.54) is 7.11 Å². The van der Waals surface area contributed by atoms with Crippen molar-refractivity contribution in [2.24, 2.45) is 0 Å². The molecule has 6 heteroatoms. The number of ether oxygens (including phenoxy) is 1. The van der Waals surface area contributed by atoms with Crippen LogP contribution in [0.25, 0.3) is 0 Å². The van der Waals surface area contributed by atoms with Gasteiger partial charge in [-0.05, 0) is 36.8 Å². The number of hydrogen-bond acceptors (Lipinski definition) is 3. The van der Waals surface area contributed by atoms with E-state index >= 15 is 0 Å². The minimum Gasteiger partial charge on any atom is -0.466 e. The molecule has 1 aliphatic heterocycles. The Balaban J connectivity index is 2.51. The maximum absolute atomic E-state index is 12.1. The molecule has 0 saturated carbocycles. The molecule has 20 heavy (non-hydrogen) atoms. The quantitative estimate of drug-likeness (QED) is 0.653. The Bertz CT molecular complexity index is 583. The normalized spacial score (nSPS) is 18.9. The first-order valence-electron chi connectivity index (χ1n) is 6.04. The molecule has 1 atom stereocenters. The predicted molar refractivity (Wildman–Crippen MR) is 85.1 cm³/mol. The lowest BCUT2D eigenvalue weighted by Gasteiger charge is -2.35. The number of rotatable bonds is 2. The molecule has 0 aliphatic carbocycles. The topological polar surface area (TPSA) is 41.6 Å². The number of carbonyl (C=O) groups excluding carboxylic acids is 1. The Labute approximate surface area is 131 Å². The van der Waals surface area contributed by atoms with Crippen molar-refractivity contribution in [3.05, 3.63) is 45.6 Å². The highest BCUT2D eigenvalue weighted by Gasteiger charge is 2.32. The number of allylic oxidation sites excluding steroid dienone is 1. The summed E-state index contributed by atoms with van der Waals surface area (Å²) in [6.07, 6.45) is 0. The first kappa shape index (κ1) is 15.0. The van der Waals surface area contributed by atoms with Gasteiger partial charge in [0.15, 0.2) is 5.11 Å². The van der Waals surface area contributed by atoms with Gasteiger partial charge in [-0.15, -0.1) is 0 Å². The van der Waals surface area contributed by atoms with Gasteiger partial charge in [-0.2, -0.15) is 0 Å². The van der Waals surface area contributed by atoms with Crippen LogP contribution in [0.5, 0.6) is 0 Å². The number of esters is 1. The molecule has 1 N–H and O–H groups in total. The molecular formula is C14H15BrN2O2S. The van der Waals surface area contributed by atoms with Gasteiger partial charge in [0, 0.05) is 17.2 Å². The largest absolute Gasteiger partial charge is 0.466 e. The minimum absolute atomic E-state index is 0.292. The zero-order valence-corrected chi connectivity index (χ0v) is 13.8. The Morgan fingerprint density at radius 2 is 2.00 bits per heavy atom. The van der Waals surface area contributed by atoms with E-state index in [-0.39, 0.29) is 12.0 Å². The van der Waals surface area contributed by atoms with Gasteiger partial charge in [0.25, 0.3) is 0 Å². The van der Waals surface area contributed by atoms with Crippen molar-refractivity contribution < 1.29 is 9.53 Å². The number of hydrogen-bond donors (Lipinski definition) is 1. The molecule has 1 aromatic rings. The fourth-order valence-corrected chi connectivity index (χ4v) is 2.63. The molecule has 0 fully saturated rings. The highest BCUT2D eigenvalue weighted by atomic mass is 79.9. The Kier molecular flexibility index (Phi) is 4.45. The van der Waals surface area contributed by atoms with E-state index < -0.39 is 0 Å². The van der Waals surface area contributed by atoms with E-state index in [1.807, 2.05) is 38.2 Å². The number of halogens is 1. The molecule has 0 unspecified atom stereocenters. The van der Waals surface area contributed by atoms with Gasteiger partial charge in [0.1, 0.15) is 0 Å². The van der Waals surface area contributed by atoms with Crippen LogP contribution in [0.15, 0.2) is 40.0 Å². The summed E-state index contributed by atoms with van der Waals surface area (Å²) in [5, 5.41) is 3.77. The van der Waals surface area contributed by atoms with Crippen molar-refractivity contribution in [2.45, 2.75) is 13.0 Å². The minimum atomic E-state index is -0.350. The Hall–Kier alpha value is -1.40. The molecule has 0 saturated heterocycles. The second kappa shape index (κ2) is 5.93. The van der Waals surface area contributed by atoms with Gasteiger partial charge in [-0.25, -0.2) is 4.79 Å². The maximum atomic E-state index is 12.1. The van der Waals surface area contributed by atoms with Crippen LogP contribution < -0.4 is 5.32 Å². The lowest BCUT2D eigenvalue weighted by molar-refractivity contribution is -0.136. The molecule has 1 heterocycles. The summed E-state index contributed by atoms with van der Waals surface area (Å²) >= 11 is 8.71. The van der Waals surface area contributed by atoms with Crippen LogP contribution in [0.4, 0.5) is 0 Å². The average molecular weight is 355 g/mol. The molecule has 1 aliphatic rings. The third-order valence-corrected chi connectivity index (χ3v) is 4.28. The molecule has 0 spiro atoms. The van der Waals surface area contributed by atoms with Crippen LogP contribution in [-0.2, 0) is 9.53 Å². The van der Waals surface area contributed by atoms with Gasteiger partial charge in [-0.1, -0.05) is 28.1 Å². The summed E-state index contributed by atoms with van der Waals surface area (Å²) in [7, 11) is 3.21. The summed E-state index contributed by atoms with van der Waals surface area (Å²) < 4.78 is 5.89. The number of methoxy groups -OCH3 is 1. The number of benzene rings is 1. The first-order chi connectivity index (χ1) is 9.45. The first-order valence-corrected chi connectivity index (χ1v) is 7.24. The van der Waals surface area contributed by atoms with Crippen LogP contribution in [0, 0.1) is 0 Å². The second-order valence-corrected chi connectivity index (χ2v) is 5.79. The van der Waals surface area contributed by atoms with Crippen molar-refractivity contribution in [3.63, 3.8) is 0 Å². The lowest BCUT2D eigenvalue weighted by Crippen LogP contribution is -2.46. The van der Waals surface area contributed by atoms with Gasteiger partial charge in [0.05, 0.1) is 18.7 Å². The summed E-state index contributed by atoms with van der Waals surface area (Å²) in [5.41, 5.74) is 2.34. The zero-order chi connectivity index (χ0) is 14.9. The van der Waals surface area contributed by atoms with E-state index in [9.17, 15) is 4.79 Å². The molecule has 106 valence electrons. The third kappa shape index (κ3) is 2.71. The SMILES string of the molecule is COC(=O)C1=C(C)N(C)C(=S)N[C@H]1c1ccc(Br)cc1. The number of nitrogens with one attached hydrogen (secondary N) is 1. The van der Waals surface area contributed by atoms with Crippen molar-refractivity contribution >= 4 is 39.2 Å². The standard InChI is InChI=1S/C14H15BrN2O2S/c1-8-11(13(18)19-3)12(16-14(20)17(8)2)9-4-6-10(15)7-5-9/h4-7,12H,1-3H3,(H,16,20)/t12-/m0/s1. The van der Waals surface area contributed by atoms with Crippen LogP contribution in [0.1, 0.15) is 18.5 Å². The van der Waals surface area contributed by atoms with E-state index in [4.69, 9.17) is 17.0 Å². The highest BCUT2D eigenvalue weighted by molar-refractivity contribution is 9.10. The molecule has 0 aromatic heterocycles. The molecule has 0 amide bonds. The van der Waals surface area contributed by atoms with Crippen molar-refractivity contribution in [1.29, 1.82) is 0 Å². The number of carbonyl (C=O) groups is 1. The highest BCUT2D eigenvalue weighted by Crippen LogP contribution is 2.31. The fraction of sp³-hybridized carbons (Fsp3) is 0.286. The van der Waals surface area contributed by atoms with Gasteiger partial charge < -0.3 is 15.0 Å². The number of nitrogens with zero attached hydrogens (tertiary/aromatic N) is 1. The summed E-state index contributed by atoms with van der Waals surface area (Å²) in [6, 6.07) is 7.47. The molecule has 4 nitrogen and oxygen atoms in total. The van der Waals surface area contributed by atoms with Gasteiger partial charge in [-0.3, -0.25) is 0 Å². The lowest BCUT2D eigenvalue weighted by atomic mass is 9.95. The van der Waals surface area contributed by atoms with Crippen LogP contribution >= 0.6 is 28.1 Å². The van der Waals surface area contributed by atoms with E-state index in [2.05, 4.69) is 21.2 Å².